The molecule has 1 aliphatic rings. The van der Waals surface area contributed by atoms with Crippen LogP contribution in [0.5, 0.6) is 0 Å². The van der Waals surface area contributed by atoms with Crippen molar-refractivity contribution in [1.82, 2.24) is 14.2 Å². The normalized spacial score (nSPS) is 16.4. The average molecular weight is 395 g/mol. The van der Waals surface area contributed by atoms with Crippen molar-refractivity contribution in [2.24, 2.45) is 5.73 Å². The fourth-order valence-electron chi connectivity index (χ4n) is 2.89. The van der Waals surface area contributed by atoms with Crippen molar-refractivity contribution in [3.8, 4) is 0 Å². The summed E-state index contributed by atoms with van der Waals surface area (Å²) in [6.45, 7) is 2.05. The van der Waals surface area contributed by atoms with Crippen LogP contribution in [0.4, 0.5) is 0 Å². The van der Waals surface area contributed by atoms with Gasteiger partial charge in [-0.1, -0.05) is 18.2 Å². The second kappa shape index (κ2) is 8.26. The van der Waals surface area contributed by atoms with Crippen molar-refractivity contribution in [1.29, 1.82) is 0 Å². The van der Waals surface area contributed by atoms with Crippen LogP contribution in [0, 0.1) is 0 Å². The number of amides is 1. The zero-order chi connectivity index (χ0) is 18.6. The molecule has 2 heterocycles. The number of hydrogen-bond donors (Lipinski definition) is 1. The van der Waals surface area contributed by atoms with E-state index in [1.807, 2.05) is 0 Å². The SMILES string of the molecule is NCCc1nc(C(=O)N2CCCN(S(=O)(=O)c3ccccc3)CC2)cs1. The first kappa shape index (κ1) is 19.0. The molecule has 0 atom stereocenters. The third-order valence-corrected chi connectivity index (χ3v) is 7.07. The van der Waals surface area contributed by atoms with Crippen molar-refractivity contribution >= 4 is 27.3 Å². The van der Waals surface area contributed by atoms with Gasteiger partial charge < -0.3 is 10.6 Å². The average Bonchev–Trinajstić information content (AvgIpc) is 2.97. The Morgan fingerprint density at radius 1 is 1.15 bits per heavy atom. The van der Waals surface area contributed by atoms with Crippen LogP contribution in [0.25, 0.3) is 0 Å². The highest BCUT2D eigenvalue weighted by molar-refractivity contribution is 7.89. The van der Waals surface area contributed by atoms with Crippen molar-refractivity contribution < 1.29 is 13.2 Å². The van der Waals surface area contributed by atoms with Gasteiger partial charge in [-0.05, 0) is 25.1 Å². The Balaban J connectivity index is 1.69. The van der Waals surface area contributed by atoms with Crippen LogP contribution >= 0.6 is 11.3 Å². The Morgan fingerprint density at radius 3 is 2.65 bits per heavy atom. The molecule has 3 rings (SSSR count). The number of nitrogens with two attached hydrogens (primary N) is 1. The molecule has 0 aliphatic carbocycles. The lowest BCUT2D eigenvalue weighted by Crippen LogP contribution is -2.37. The summed E-state index contributed by atoms with van der Waals surface area (Å²) >= 11 is 1.43. The first-order chi connectivity index (χ1) is 12.5. The minimum Gasteiger partial charge on any atom is -0.336 e. The first-order valence-corrected chi connectivity index (χ1v) is 10.8. The van der Waals surface area contributed by atoms with E-state index >= 15 is 0 Å². The second-order valence-electron chi connectivity index (χ2n) is 6.03. The number of nitrogens with zero attached hydrogens (tertiary/aromatic N) is 3. The van der Waals surface area contributed by atoms with E-state index in [2.05, 4.69) is 4.98 Å². The molecule has 7 nitrogen and oxygen atoms in total. The Hall–Kier alpha value is -1.81. The predicted octanol–water partition coefficient (Wildman–Crippen LogP) is 1.18. The van der Waals surface area contributed by atoms with Gasteiger partial charge in [-0.3, -0.25) is 4.79 Å². The zero-order valence-electron chi connectivity index (χ0n) is 14.4. The lowest BCUT2D eigenvalue weighted by Gasteiger charge is -2.21. The van der Waals surface area contributed by atoms with Crippen LogP contribution in [-0.2, 0) is 16.4 Å². The maximum atomic E-state index is 12.8. The van der Waals surface area contributed by atoms with E-state index in [4.69, 9.17) is 5.73 Å². The number of hydrogen-bond acceptors (Lipinski definition) is 6. The van der Waals surface area contributed by atoms with Crippen molar-refractivity contribution in [2.45, 2.75) is 17.7 Å². The third kappa shape index (κ3) is 4.12. The lowest BCUT2D eigenvalue weighted by molar-refractivity contribution is 0.0759. The number of carbonyl (C=O) groups is 1. The highest BCUT2D eigenvalue weighted by atomic mass is 32.2. The van der Waals surface area contributed by atoms with Gasteiger partial charge in [-0.25, -0.2) is 13.4 Å². The quantitative estimate of drug-likeness (QED) is 0.821. The number of sulfonamides is 1. The van der Waals surface area contributed by atoms with Gasteiger partial charge in [-0.15, -0.1) is 11.3 Å². The van der Waals surface area contributed by atoms with Gasteiger partial charge in [0.1, 0.15) is 5.69 Å². The molecule has 26 heavy (non-hydrogen) atoms. The molecular formula is C17H22N4O3S2. The third-order valence-electron chi connectivity index (χ3n) is 4.25. The summed E-state index contributed by atoms with van der Waals surface area (Å²) in [6.07, 6.45) is 1.25. The molecule has 0 bridgehead atoms. The smallest absolute Gasteiger partial charge is 0.273 e. The van der Waals surface area contributed by atoms with E-state index in [1.54, 1.807) is 40.6 Å². The topological polar surface area (TPSA) is 96.6 Å². The van der Waals surface area contributed by atoms with Crippen molar-refractivity contribution in [3.05, 3.63) is 46.4 Å². The van der Waals surface area contributed by atoms with E-state index in [0.29, 0.717) is 44.7 Å². The van der Waals surface area contributed by atoms with E-state index in [-0.39, 0.29) is 17.3 Å². The summed E-state index contributed by atoms with van der Waals surface area (Å²) in [7, 11) is -3.53. The van der Waals surface area contributed by atoms with Gasteiger partial charge in [-0.2, -0.15) is 4.31 Å². The molecule has 9 heteroatoms. The van der Waals surface area contributed by atoms with E-state index < -0.39 is 10.0 Å². The summed E-state index contributed by atoms with van der Waals surface area (Å²) in [4.78, 5) is 19.0. The van der Waals surface area contributed by atoms with Crippen LogP contribution in [-0.4, -0.2) is 61.2 Å². The van der Waals surface area contributed by atoms with Gasteiger partial charge in [0.2, 0.25) is 10.0 Å². The summed E-state index contributed by atoms with van der Waals surface area (Å²) in [5.41, 5.74) is 5.94. The van der Waals surface area contributed by atoms with Gasteiger partial charge in [0.25, 0.3) is 5.91 Å². The molecule has 2 aromatic rings. The minimum atomic E-state index is -3.53. The standard InChI is InChI=1S/C17H22N4O3S2/c18-8-7-16-19-15(13-25-16)17(22)20-9-4-10-21(12-11-20)26(23,24)14-5-2-1-3-6-14/h1-3,5-6,13H,4,7-12,18H2. The van der Waals surface area contributed by atoms with Gasteiger partial charge in [0, 0.05) is 38.0 Å². The van der Waals surface area contributed by atoms with Crippen LogP contribution in [0.1, 0.15) is 21.9 Å². The Morgan fingerprint density at radius 2 is 1.92 bits per heavy atom. The zero-order valence-corrected chi connectivity index (χ0v) is 16.0. The van der Waals surface area contributed by atoms with E-state index in [1.165, 1.54) is 15.6 Å². The van der Waals surface area contributed by atoms with Gasteiger partial charge in [0.05, 0.1) is 9.90 Å². The monoisotopic (exact) mass is 394 g/mol. The molecule has 0 radical (unpaired) electrons. The van der Waals surface area contributed by atoms with Gasteiger partial charge >= 0.3 is 0 Å². The fraction of sp³-hybridized carbons (Fsp3) is 0.412. The first-order valence-electron chi connectivity index (χ1n) is 8.51. The molecule has 140 valence electrons. The molecule has 1 fully saturated rings. The summed E-state index contributed by atoms with van der Waals surface area (Å²) in [5, 5.41) is 2.59. The van der Waals surface area contributed by atoms with Crippen LogP contribution in [0.2, 0.25) is 0 Å². The lowest BCUT2D eigenvalue weighted by atomic mass is 10.3. The van der Waals surface area contributed by atoms with Crippen LogP contribution < -0.4 is 5.73 Å². The van der Waals surface area contributed by atoms with Gasteiger partial charge in [0.15, 0.2) is 0 Å². The molecule has 2 N–H and O–H groups in total. The van der Waals surface area contributed by atoms with Crippen LogP contribution in [0.3, 0.4) is 0 Å². The highest BCUT2D eigenvalue weighted by Crippen LogP contribution is 2.19. The summed E-state index contributed by atoms with van der Waals surface area (Å²) in [5.74, 6) is -0.150. The Bertz CT molecular complexity index is 852. The number of carbonyl (C=O) groups excluding carboxylic acids is 1. The van der Waals surface area contributed by atoms with Crippen molar-refractivity contribution in [2.75, 3.05) is 32.7 Å². The molecule has 1 amide bonds. The number of benzene rings is 1. The maximum Gasteiger partial charge on any atom is 0.273 e. The second-order valence-corrected chi connectivity index (χ2v) is 8.91. The maximum absolute atomic E-state index is 12.8. The molecule has 1 aromatic carbocycles. The van der Waals surface area contributed by atoms with E-state index in [9.17, 15) is 13.2 Å². The Labute approximate surface area is 157 Å². The molecule has 0 saturated carbocycles. The number of rotatable bonds is 5. The summed E-state index contributed by atoms with van der Waals surface area (Å²) in [6, 6.07) is 8.40. The Kier molecular flexibility index (Phi) is 6.02. The summed E-state index contributed by atoms with van der Waals surface area (Å²) < 4.78 is 27.0. The molecule has 1 saturated heterocycles. The molecule has 0 spiro atoms. The minimum absolute atomic E-state index is 0.150. The highest BCUT2D eigenvalue weighted by Gasteiger charge is 2.29. The molecular weight excluding hydrogens is 372 g/mol. The largest absolute Gasteiger partial charge is 0.336 e. The van der Waals surface area contributed by atoms with Crippen molar-refractivity contribution in [3.63, 3.8) is 0 Å². The predicted molar refractivity (Wildman–Crippen MR) is 101 cm³/mol. The molecule has 1 aromatic heterocycles. The van der Waals surface area contributed by atoms with E-state index in [0.717, 1.165) is 5.01 Å². The number of aromatic nitrogens is 1. The molecule has 0 unspecified atom stereocenters. The molecule has 1 aliphatic heterocycles. The number of thiazole rings is 1. The van der Waals surface area contributed by atoms with Crippen LogP contribution in [0.15, 0.2) is 40.6 Å². The fourth-order valence-corrected chi connectivity index (χ4v) is 5.17.